The van der Waals surface area contributed by atoms with Crippen molar-refractivity contribution in [1.82, 2.24) is 47.0 Å². The lowest BCUT2D eigenvalue weighted by Crippen LogP contribution is -2.62. The van der Waals surface area contributed by atoms with Crippen LogP contribution in [0.15, 0.2) is 84.9 Å². The standard InChI is InChI=1S/C51H69N9O8.2ClH/c1-30(36-17-11-9-12-18-36)29-42(61)40-21-15-27-59(40)50(67)43(57-45(62)34(5)52-7)32(3)55-47(64)38-23-25-39(26-24-38)48(65)56-33(4)44(58-46(63)35(6)53-8)51(68)60-28-16-22-41(60)49(66)54-31(2)37-19-13-10-14-20-37;;/h9-14,17-20,23-26,30-35,40-41,43-44,52-53H,15-16,21-22,27-29H2,1-8H3,(H,54,66)(H,55,64)(H,56,65)(H,57,62)(H,58,63);2*1H/t30-,31+,32-,33-,34-,35-,40-,41-,43-,44-;;/m0../s1. The highest BCUT2D eigenvalue weighted by Crippen LogP contribution is 2.27. The van der Waals surface area contributed by atoms with Crippen molar-refractivity contribution in [3.63, 3.8) is 0 Å². The molecule has 0 spiro atoms. The van der Waals surface area contributed by atoms with Crippen LogP contribution < -0.4 is 37.2 Å². The molecule has 5 rings (SSSR count). The lowest BCUT2D eigenvalue weighted by atomic mass is 9.92. The number of nitrogens with zero attached hydrogens (tertiary/aromatic N) is 2. The van der Waals surface area contributed by atoms with Crippen molar-refractivity contribution in [1.29, 1.82) is 0 Å². The molecule has 2 fully saturated rings. The lowest BCUT2D eigenvalue weighted by Gasteiger charge is -2.33. The molecule has 0 aliphatic carbocycles. The summed E-state index contributed by atoms with van der Waals surface area (Å²) in [4.78, 5) is 113. The van der Waals surface area contributed by atoms with Crippen LogP contribution in [0.3, 0.4) is 0 Å². The van der Waals surface area contributed by atoms with Gasteiger partial charge in [0.15, 0.2) is 5.78 Å². The summed E-state index contributed by atoms with van der Waals surface area (Å²) in [7, 11) is 3.22. The molecule has 17 nitrogen and oxygen atoms in total. The predicted molar refractivity (Wildman–Crippen MR) is 273 cm³/mol. The van der Waals surface area contributed by atoms with Crippen molar-refractivity contribution in [2.75, 3.05) is 27.2 Å². The Morgan fingerprint density at radius 2 is 0.929 bits per heavy atom. The van der Waals surface area contributed by atoms with E-state index >= 15 is 0 Å². The molecular weight excluding hydrogens is 938 g/mol. The number of likely N-dealkylation sites (N-methyl/N-ethyl adjacent to an activating group) is 2. The molecule has 0 saturated carbocycles. The van der Waals surface area contributed by atoms with Crippen LogP contribution in [-0.2, 0) is 28.8 Å². The third-order valence-corrected chi connectivity index (χ3v) is 13.2. The first kappa shape index (κ1) is 58.4. The molecule has 382 valence electrons. The summed E-state index contributed by atoms with van der Waals surface area (Å²) >= 11 is 0. The Kier molecular flexibility index (Phi) is 23.0. The van der Waals surface area contributed by atoms with E-state index in [0.717, 1.165) is 11.1 Å². The molecule has 0 unspecified atom stereocenters. The topological polar surface area (TPSA) is 227 Å². The fraction of sp³-hybridized carbons (Fsp3) is 0.490. The second kappa shape index (κ2) is 27.5. The molecule has 2 aliphatic heterocycles. The highest BCUT2D eigenvalue weighted by molar-refractivity contribution is 6.00. The van der Waals surface area contributed by atoms with Crippen LogP contribution in [0.5, 0.6) is 0 Å². The number of carbonyl (C=O) groups is 8. The molecule has 2 heterocycles. The van der Waals surface area contributed by atoms with Gasteiger partial charge in [-0.25, -0.2) is 0 Å². The smallest absolute Gasteiger partial charge is 0.251 e. The van der Waals surface area contributed by atoms with Gasteiger partial charge in [-0.1, -0.05) is 67.6 Å². The third kappa shape index (κ3) is 15.1. The SMILES string of the molecule is CN[C@@H](C)C(=O)N[C@H](C(=O)N1CCC[C@H]1C(=O)C[C@H](C)c1ccccc1)[C@H](C)NC(=O)c1ccc(C(=O)N[C@@H](C)[C@H](NC(=O)[C@H](C)NC)C(=O)N2CCC[C@H]2C(=O)N[C@H](C)c2ccccc2)cc1.Cl.Cl. The van der Waals surface area contributed by atoms with E-state index in [-0.39, 0.29) is 72.6 Å². The number of benzene rings is 3. The first-order chi connectivity index (χ1) is 32.4. The second-order valence-electron chi connectivity index (χ2n) is 18.1. The van der Waals surface area contributed by atoms with Crippen LogP contribution in [0.1, 0.15) is 117 Å². The van der Waals surface area contributed by atoms with Crippen molar-refractivity contribution in [2.24, 2.45) is 0 Å². The average Bonchev–Trinajstić information content (AvgIpc) is 4.06. The van der Waals surface area contributed by atoms with Crippen LogP contribution in [0.2, 0.25) is 0 Å². The quantitative estimate of drug-likeness (QED) is 0.0822. The van der Waals surface area contributed by atoms with Crippen LogP contribution >= 0.6 is 24.8 Å². The fourth-order valence-electron chi connectivity index (χ4n) is 8.64. The van der Waals surface area contributed by atoms with Gasteiger partial charge >= 0.3 is 0 Å². The Morgan fingerprint density at radius 1 is 0.529 bits per heavy atom. The first-order valence-corrected chi connectivity index (χ1v) is 23.7. The van der Waals surface area contributed by atoms with Gasteiger partial charge in [0.2, 0.25) is 29.5 Å². The van der Waals surface area contributed by atoms with Gasteiger partial charge in [-0.15, -0.1) is 24.8 Å². The van der Waals surface area contributed by atoms with Crippen molar-refractivity contribution in [2.45, 2.75) is 134 Å². The average molecular weight is 1010 g/mol. The highest BCUT2D eigenvalue weighted by Gasteiger charge is 2.42. The maximum atomic E-state index is 14.3. The molecule has 2 aliphatic rings. The molecule has 19 heteroatoms. The van der Waals surface area contributed by atoms with Crippen molar-refractivity contribution < 1.29 is 38.4 Å². The highest BCUT2D eigenvalue weighted by atomic mass is 35.5. The largest absolute Gasteiger partial charge is 0.348 e. The maximum absolute atomic E-state index is 14.3. The van der Waals surface area contributed by atoms with E-state index in [1.807, 2.05) is 74.5 Å². The number of hydrogen-bond acceptors (Lipinski definition) is 10. The summed E-state index contributed by atoms with van der Waals surface area (Å²) in [5.74, 6) is -3.54. The zero-order valence-electron chi connectivity index (χ0n) is 41.3. The summed E-state index contributed by atoms with van der Waals surface area (Å²) in [6, 6.07) is 17.5. The summed E-state index contributed by atoms with van der Waals surface area (Å²) in [6.07, 6.45) is 2.36. The molecule has 0 radical (unpaired) electrons. The van der Waals surface area contributed by atoms with Crippen molar-refractivity contribution >= 4 is 71.9 Å². The molecule has 0 aromatic heterocycles. The second-order valence-corrected chi connectivity index (χ2v) is 18.1. The summed E-state index contributed by atoms with van der Waals surface area (Å²) in [6.45, 7) is 10.9. The minimum absolute atomic E-state index is 0. The van der Waals surface area contributed by atoms with Crippen LogP contribution in [0.4, 0.5) is 0 Å². The zero-order valence-corrected chi connectivity index (χ0v) is 42.9. The number of ketones is 1. The number of hydrogen-bond donors (Lipinski definition) is 7. The molecular formula is C51H71Cl2N9O8. The van der Waals surface area contributed by atoms with Gasteiger partial charge in [-0.3, -0.25) is 38.4 Å². The van der Waals surface area contributed by atoms with Crippen LogP contribution in [0, 0.1) is 0 Å². The summed E-state index contributed by atoms with van der Waals surface area (Å²) < 4.78 is 0. The van der Waals surface area contributed by atoms with E-state index in [4.69, 9.17) is 0 Å². The molecule has 7 amide bonds. The fourth-order valence-corrected chi connectivity index (χ4v) is 8.64. The van der Waals surface area contributed by atoms with Crippen molar-refractivity contribution in [3.05, 3.63) is 107 Å². The van der Waals surface area contributed by atoms with E-state index in [1.165, 1.54) is 34.1 Å². The van der Waals surface area contributed by atoms with Crippen LogP contribution in [-0.4, -0.2) is 132 Å². The van der Waals surface area contributed by atoms with Gasteiger partial charge in [-0.2, -0.15) is 0 Å². The molecule has 0 bridgehead atoms. The van der Waals surface area contributed by atoms with Crippen molar-refractivity contribution in [3.8, 4) is 0 Å². The molecule has 3 aromatic carbocycles. The first-order valence-electron chi connectivity index (χ1n) is 23.7. The summed E-state index contributed by atoms with van der Waals surface area (Å²) in [5.41, 5.74) is 2.25. The van der Waals surface area contributed by atoms with Crippen LogP contribution in [0.25, 0.3) is 0 Å². The molecule has 3 aromatic rings. The Morgan fingerprint density at radius 3 is 1.36 bits per heavy atom. The van der Waals surface area contributed by atoms with Gasteiger partial charge in [0, 0.05) is 30.6 Å². The predicted octanol–water partition coefficient (Wildman–Crippen LogP) is 3.57. The molecule has 10 atom stereocenters. The van der Waals surface area contributed by atoms with Gasteiger partial charge < -0.3 is 47.0 Å². The number of Topliss-reactive ketones (excluding diaryl/α,β-unsaturated/α-hetero) is 1. The van der Waals surface area contributed by atoms with E-state index in [9.17, 15) is 38.4 Å². The number of rotatable bonds is 21. The lowest BCUT2D eigenvalue weighted by molar-refractivity contribution is -0.142. The summed E-state index contributed by atoms with van der Waals surface area (Å²) in [5, 5.41) is 20.0. The number of halogens is 2. The minimum atomic E-state index is -1.23. The molecule has 70 heavy (non-hydrogen) atoms. The van der Waals surface area contributed by atoms with Gasteiger partial charge in [0.1, 0.15) is 18.1 Å². The monoisotopic (exact) mass is 1010 g/mol. The third-order valence-electron chi connectivity index (χ3n) is 13.2. The van der Waals surface area contributed by atoms with Gasteiger partial charge in [0.05, 0.1) is 36.3 Å². The number of likely N-dealkylation sites (tertiary alicyclic amines) is 2. The van der Waals surface area contributed by atoms with E-state index < -0.39 is 83.8 Å². The molecule has 7 N–H and O–H groups in total. The minimum Gasteiger partial charge on any atom is -0.348 e. The van der Waals surface area contributed by atoms with Gasteiger partial charge in [0.25, 0.3) is 11.8 Å². The zero-order chi connectivity index (χ0) is 49.7. The molecule has 2 saturated heterocycles. The number of amides is 7. The maximum Gasteiger partial charge on any atom is 0.251 e. The Labute approximate surface area is 424 Å². The van der Waals surface area contributed by atoms with Gasteiger partial charge in [-0.05, 0) is 116 Å². The van der Waals surface area contributed by atoms with E-state index in [0.29, 0.717) is 32.2 Å². The van der Waals surface area contributed by atoms with E-state index in [1.54, 1.807) is 41.8 Å². The normalized spacial score (nSPS) is 18.7. The Balaban J connectivity index is 0.00000648. The number of carbonyl (C=O) groups excluding carboxylic acids is 8. The Bertz CT molecular complexity index is 2100. The number of nitrogens with one attached hydrogen (secondary N) is 7. The van der Waals surface area contributed by atoms with E-state index in [2.05, 4.69) is 37.2 Å². The Hall–Kier alpha value is -5.88.